The van der Waals surface area contributed by atoms with Crippen molar-refractivity contribution >= 4 is 11.6 Å². The van der Waals surface area contributed by atoms with Crippen LogP contribution in [0.4, 0.5) is 10.1 Å². The summed E-state index contributed by atoms with van der Waals surface area (Å²) in [6.07, 6.45) is 0. The van der Waals surface area contributed by atoms with Gasteiger partial charge in [-0.05, 0) is 37.6 Å². The molecule has 4 nitrogen and oxygen atoms in total. The molecular weight excluding hydrogens is 259 g/mol. The highest BCUT2D eigenvalue weighted by atomic mass is 19.1. The van der Waals surface area contributed by atoms with Crippen molar-refractivity contribution < 1.29 is 13.7 Å². The number of benzene rings is 1. The van der Waals surface area contributed by atoms with E-state index in [-0.39, 0.29) is 17.6 Å². The molecule has 2 aromatic rings. The summed E-state index contributed by atoms with van der Waals surface area (Å²) in [6, 6.07) is 4.44. The zero-order valence-electron chi connectivity index (χ0n) is 12.0. The molecule has 1 N–H and O–H groups in total. The highest BCUT2D eigenvalue weighted by molar-refractivity contribution is 6.05. The Kier molecular flexibility index (Phi) is 3.88. The predicted octanol–water partition coefficient (Wildman–Crippen LogP) is 3.81. The average Bonchev–Trinajstić information content (AvgIpc) is 2.76. The van der Waals surface area contributed by atoms with Crippen molar-refractivity contribution in [1.82, 2.24) is 5.16 Å². The first kappa shape index (κ1) is 14.2. The van der Waals surface area contributed by atoms with Gasteiger partial charge in [0.15, 0.2) is 5.76 Å². The average molecular weight is 276 g/mol. The molecule has 0 saturated heterocycles. The van der Waals surface area contributed by atoms with Crippen LogP contribution in [0.15, 0.2) is 22.7 Å². The van der Waals surface area contributed by atoms with Crippen molar-refractivity contribution in [1.29, 1.82) is 0 Å². The van der Waals surface area contributed by atoms with Gasteiger partial charge in [0.1, 0.15) is 11.4 Å². The lowest BCUT2D eigenvalue weighted by Gasteiger charge is -2.08. The number of aromatic nitrogens is 1. The molecule has 0 bridgehead atoms. The van der Waals surface area contributed by atoms with Crippen LogP contribution in [0.2, 0.25) is 0 Å². The minimum atomic E-state index is -0.299. The number of hydrogen-bond donors (Lipinski definition) is 1. The van der Waals surface area contributed by atoms with Crippen molar-refractivity contribution in [3.63, 3.8) is 0 Å². The molecule has 2 rings (SSSR count). The van der Waals surface area contributed by atoms with Crippen LogP contribution in [0.3, 0.4) is 0 Å². The molecule has 1 heterocycles. The Morgan fingerprint density at radius 2 is 2.05 bits per heavy atom. The van der Waals surface area contributed by atoms with Crippen LogP contribution in [-0.2, 0) is 0 Å². The normalized spacial score (nSPS) is 10.9. The number of halogens is 1. The highest BCUT2D eigenvalue weighted by Gasteiger charge is 2.22. The van der Waals surface area contributed by atoms with Crippen LogP contribution in [0, 0.1) is 19.7 Å². The summed E-state index contributed by atoms with van der Waals surface area (Å²) in [5.74, 6) is 0.0243. The number of carbonyl (C=O) groups is 1. The predicted molar refractivity (Wildman–Crippen MR) is 74.4 cm³/mol. The number of rotatable bonds is 3. The van der Waals surface area contributed by atoms with Gasteiger partial charge in [0.2, 0.25) is 0 Å². The summed E-state index contributed by atoms with van der Waals surface area (Å²) in [6.45, 7) is 7.23. The molecule has 0 aliphatic rings. The van der Waals surface area contributed by atoms with E-state index in [0.29, 0.717) is 28.3 Å². The number of carbonyl (C=O) groups excluding carboxylic acids is 1. The van der Waals surface area contributed by atoms with E-state index in [2.05, 4.69) is 10.5 Å². The van der Waals surface area contributed by atoms with E-state index >= 15 is 0 Å². The maximum Gasteiger partial charge on any atom is 0.261 e. The molecule has 0 aliphatic carbocycles. The Balaban J connectivity index is 2.28. The Labute approximate surface area is 117 Å². The van der Waals surface area contributed by atoms with Crippen LogP contribution in [0.25, 0.3) is 0 Å². The molecule has 0 aliphatic heterocycles. The lowest BCUT2D eigenvalue weighted by Crippen LogP contribution is -2.15. The monoisotopic (exact) mass is 276 g/mol. The quantitative estimate of drug-likeness (QED) is 0.927. The molecule has 0 fully saturated rings. The molecular formula is C15H17FN2O2. The van der Waals surface area contributed by atoms with Crippen LogP contribution in [-0.4, -0.2) is 11.1 Å². The summed E-state index contributed by atoms with van der Waals surface area (Å²) in [7, 11) is 0. The van der Waals surface area contributed by atoms with Gasteiger partial charge in [-0.3, -0.25) is 4.79 Å². The number of hydrogen-bond acceptors (Lipinski definition) is 3. The fourth-order valence-electron chi connectivity index (χ4n) is 1.97. The minimum absolute atomic E-state index is 0.0619. The van der Waals surface area contributed by atoms with Crippen molar-refractivity contribution in [2.24, 2.45) is 0 Å². The molecule has 106 valence electrons. The molecule has 0 saturated carbocycles. The SMILES string of the molecule is Cc1cc(NC(=O)c2c(C)noc2C(C)C)ccc1F. The summed E-state index contributed by atoms with van der Waals surface area (Å²) in [4.78, 5) is 12.3. The summed E-state index contributed by atoms with van der Waals surface area (Å²) in [5, 5.41) is 6.58. The maximum atomic E-state index is 13.2. The molecule has 20 heavy (non-hydrogen) atoms. The van der Waals surface area contributed by atoms with E-state index in [1.807, 2.05) is 13.8 Å². The van der Waals surface area contributed by atoms with Gasteiger partial charge in [0.05, 0.1) is 5.69 Å². The van der Waals surface area contributed by atoms with E-state index in [1.165, 1.54) is 12.1 Å². The third kappa shape index (κ3) is 2.71. The second-order valence-corrected chi connectivity index (χ2v) is 5.08. The second-order valence-electron chi connectivity index (χ2n) is 5.08. The van der Waals surface area contributed by atoms with Crippen LogP contribution < -0.4 is 5.32 Å². The summed E-state index contributed by atoms with van der Waals surface area (Å²) >= 11 is 0. The fourth-order valence-corrected chi connectivity index (χ4v) is 1.97. The van der Waals surface area contributed by atoms with Gasteiger partial charge in [-0.2, -0.15) is 0 Å². The van der Waals surface area contributed by atoms with E-state index in [4.69, 9.17) is 4.52 Å². The number of aryl methyl sites for hydroxylation is 2. The molecule has 1 amide bonds. The smallest absolute Gasteiger partial charge is 0.261 e. The van der Waals surface area contributed by atoms with Gasteiger partial charge < -0.3 is 9.84 Å². The highest BCUT2D eigenvalue weighted by Crippen LogP contribution is 2.23. The van der Waals surface area contributed by atoms with Gasteiger partial charge in [-0.1, -0.05) is 19.0 Å². The van der Waals surface area contributed by atoms with E-state index in [9.17, 15) is 9.18 Å². The number of amides is 1. The topological polar surface area (TPSA) is 55.1 Å². The molecule has 0 atom stereocenters. The molecule has 0 unspecified atom stereocenters. The largest absolute Gasteiger partial charge is 0.360 e. The zero-order chi connectivity index (χ0) is 14.9. The fraction of sp³-hybridized carbons (Fsp3) is 0.333. The third-order valence-corrected chi connectivity index (χ3v) is 3.06. The number of nitrogens with one attached hydrogen (secondary N) is 1. The van der Waals surface area contributed by atoms with Gasteiger partial charge in [-0.15, -0.1) is 0 Å². The van der Waals surface area contributed by atoms with Gasteiger partial charge in [-0.25, -0.2) is 4.39 Å². The Morgan fingerprint density at radius 1 is 1.35 bits per heavy atom. The van der Waals surface area contributed by atoms with Crippen LogP contribution in [0.1, 0.15) is 47.1 Å². The van der Waals surface area contributed by atoms with E-state index in [0.717, 1.165) is 0 Å². The van der Waals surface area contributed by atoms with Gasteiger partial charge in [0.25, 0.3) is 5.91 Å². The lowest BCUT2D eigenvalue weighted by molar-refractivity contribution is 0.102. The zero-order valence-corrected chi connectivity index (χ0v) is 12.0. The molecule has 5 heteroatoms. The first-order chi connectivity index (χ1) is 9.40. The number of anilines is 1. The third-order valence-electron chi connectivity index (χ3n) is 3.06. The molecule has 0 spiro atoms. The van der Waals surface area contributed by atoms with Crippen molar-refractivity contribution in [2.45, 2.75) is 33.6 Å². The first-order valence-corrected chi connectivity index (χ1v) is 6.43. The number of nitrogens with zero attached hydrogens (tertiary/aromatic N) is 1. The van der Waals surface area contributed by atoms with Crippen molar-refractivity contribution in [2.75, 3.05) is 5.32 Å². The van der Waals surface area contributed by atoms with Gasteiger partial charge in [0, 0.05) is 11.6 Å². The standard InChI is InChI=1S/C15H17FN2O2/c1-8(2)14-13(10(4)18-20-14)15(19)17-11-5-6-12(16)9(3)7-11/h5-8H,1-4H3,(H,17,19). The summed E-state index contributed by atoms with van der Waals surface area (Å²) in [5.41, 5.74) is 2.02. The molecule has 0 radical (unpaired) electrons. The van der Waals surface area contributed by atoms with Gasteiger partial charge >= 0.3 is 0 Å². The van der Waals surface area contributed by atoms with Crippen LogP contribution >= 0.6 is 0 Å². The Hall–Kier alpha value is -2.17. The lowest BCUT2D eigenvalue weighted by atomic mass is 10.0. The van der Waals surface area contributed by atoms with Crippen molar-refractivity contribution in [3.05, 3.63) is 46.6 Å². The Morgan fingerprint density at radius 3 is 2.65 bits per heavy atom. The molecule has 1 aromatic heterocycles. The van der Waals surface area contributed by atoms with Crippen molar-refractivity contribution in [3.8, 4) is 0 Å². The second kappa shape index (κ2) is 5.45. The van der Waals surface area contributed by atoms with E-state index < -0.39 is 0 Å². The maximum absolute atomic E-state index is 13.2. The minimum Gasteiger partial charge on any atom is -0.360 e. The van der Waals surface area contributed by atoms with E-state index in [1.54, 1.807) is 19.9 Å². The molecule has 1 aromatic carbocycles. The first-order valence-electron chi connectivity index (χ1n) is 6.43. The Bertz CT molecular complexity index is 647. The summed E-state index contributed by atoms with van der Waals surface area (Å²) < 4.78 is 18.4. The van der Waals surface area contributed by atoms with Crippen LogP contribution in [0.5, 0.6) is 0 Å².